The van der Waals surface area contributed by atoms with Gasteiger partial charge in [-0.3, -0.25) is 4.68 Å². The maximum absolute atomic E-state index is 13.9. The topological polar surface area (TPSA) is 55.1 Å². The summed E-state index contributed by atoms with van der Waals surface area (Å²) in [6.45, 7) is 4.01. The Kier molecular flexibility index (Phi) is 2.48. The van der Waals surface area contributed by atoms with Gasteiger partial charge in [-0.1, -0.05) is 0 Å². The van der Waals surface area contributed by atoms with Gasteiger partial charge in [-0.2, -0.15) is 5.10 Å². The van der Waals surface area contributed by atoms with E-state index in [9.17, 15) is 9.18 Å². The van der Waals surface area contributed by atoms with E-state index >= 15 is 0 Å². The summed E-state index contributed by atoms with van der Waals surface area (Å²) in [6, 6.07) is 0. The van der Waals surface area contributed by atoms with Gasteiger partial charge < -0.3 is 5.11 Å². The van der Waals surface area contributed by atoms with E-state index in [4.69, 9.17) is 5.11 Å². The van der Waals surface area contributed by atoms with E-state index in [-0.39, 0.29) is 12.1 Å². The summed E-state index contributed by atoms with van der Waals surface area (Å²) in [4.78, 5) is 11.0. The molecule has 0 saturated carbocycles. The molecule has 0 saturated heterocycles. The summed E-state index contributed by atoms with van der Waals surface area (Å²) in [7, 11) is 0. The van der Waals surface area contributed by atoms with Gasteiger partial charge >= 0.3 is 5.97 Å². The molecule has 1 aliphatic carbocycles. The number of rotatable bonds is 2. The first-order chi connectivity index (χ1) is 7.44. The number of hydrogen-bond acceptors (Lipinski definition) is 2. The van der Waals surface area contributed by atoms with Crippen LogP contribution in [-0.2, 0) is 19.4 Å². The third-order valence-corrected chi connectivity index (χ3v) is 3.10. The van der Waals surface area contributed by atoms with Crippen molar-refractivity contribution in [2.24, 2.45) is 0 Å². The second-order valence-electron chi connectivity index (χ2n) is 4.48. The average molecular weight is 226 g/mol. The van der Waals surface area contributed by atoms with Crippen molar-refractivity contribution in [3.05, 3.63) is 17.0 Å². The maximum atomic E-state index is 13.9. The van der Waals surface area contributed by atoms with E-state index in [0.717, 1.165) is 5.69 Å². The normalized spacial score (nSPS) is 24.2. The van der Waals surface area contributed by atoms with E-state index in [2.05, 4.69) is 5.10 Å². The average Bonchev–Trinajstić information content (AvgIpc) is 2.54. The van der Waals surface area contributed by atoms with Crippen LogP contribution in [-0.4, -0.2) is 26.5 Å². The number of halogens is 1. The smallest absolute Gasteiger partial charge is 0.356 e. The van der Waals surface area contributed by atoms with Crippen molar-refractivity contribution in [1.29, 1.82) is 0 Å². The molecule has 1 atom stereocenters. The van der Waals surface area contributed by atoms with Gasteiger partial charge in [-0.15, -0.1) is 0 Å². The van der Waals surface area contributed by atoms with Crippen molar-refractivity contribution in [1.82, 2.24) is 9.78 Å². The molecular weight excluding hydrogens is 211 g/mol. The van der Waals surface area contributed by atoms with Crippen LogP contribution in [0.2, 0.25) is 0 Å². The second kappa shape index (κ2) is 3.57. The first-order valence-corrected chi connectivity index (χ1v) is 5.45. The van der Waals surface area contributed by atoms with Crippen LogP contribution in [0.25, 0.3) is 0 Å². The van der Waals surface area contributed by atoms with E-state index in [1.165, 1.54) is 0 Å². The van der Waals surface area contributed by atoms with Gasteiger partial charge in [0.2, 0.25) is 0 Å². The summed E-state index contributed by atoms with van der Waals surface area (Å²) in [5.41, 5.74) is 0.309. The predicted octanol–water partition coefficient (Wildman–Crippen LogP) is 1.82. The first kappa shape index (κ1) is 11.1. The summed E-state index contributed by atoms with van der Waals surface area (Å²) in [5.74, 6) is -1.02. The molecule has 1 aromatic rings. The van der Waals surface area contributed by atoms with Crippen LogP contribution in [0.15, 0.2) is 0 Å². The van der Waals surface area contributed by atoms with E-state index in [1.54, 1.807) is 11.6 Å². The van der Waals surface area contributed by atoms with Crippen molar-refractivity contribution in [3.8, 4) is 0 Å². The molecule has 0 radical (unpaired) electrons. The van der Waals surface area contributed by atoms with Crippen molar-refractivity contribution in [2.75, 3.05) is 0 Å². The van der Waals surface area contributed by atoms with Crippen LogP contribution in [0.1, 0.15) is 42.0 Å². The number of aryl methyl sites for hydroxylation is 1. The monoisotopic (exact) mass is 226 g/mol. The number of carboxylic acids is 1. The van der Waals surface area contributed by atoms with Gasteiger partial charge in [0, 0.05) is 24.2 Å². The zero-order valence-corrected chi connectivity index (χ0v) is 9.46. The molecule has 16 heavy (non-hydrogen) atoms. The Bertz CT molecular complexity index is 437. The van der Waals surface area contributed by atoms with Crippen molar-refractivity contribution < 1.29 is 14.3 Å². The molecule has 1 aliphatic rings. The summed E-state index contributed by atoms with van der Waals surface area (Å²) in [6.07, 6.45) is 1.09. The number of hydrogen-bond donors (Lipinski definition) is 1. The molecule has 5 heteroatoms. The highest BCUT2D eigenvalue weighted by Crippen LogP contribution is 2.33. The molecule has 0 fully saturated rings. The van der Waals surface area contributed by atoms with Gasteiger partial charge in [0.1, 0.15) is 5.67 Å². The van der Waals surface area contributed by atoms with Gasteiger partial charge in [0.25, 0.3) is 0 Å². The van der Waals surface area contributed by atoms with Crippen molar-refractivity contribution in [3.63, 3.8) is 0 Å². The lowest BCUT2D eigenvalue weighted by atomic mass is 9.85. The van der Waals surface area contributed by atoms with Gasteiger partial charge in [0.15, 0.2) is 5.69 Å². The number of carboxylic acid groups (broad SMARTS) is 1. The summed E-state index contributed by atoms with van der Waals surface area (Å²) in [5, 5.41) is 13.0. The predicted molar refractivity (Wildman–Crippen MR) is 56.4 cm³/mol. The summed E-state index contributed by atoms with van der Waals surface area (Å²) >= 11 is 0. The Hall–Kier alpha value is -1.39. The minimum atomic E-state index is -1.24. The Labute approximate surface area is 93.1 Å². The van der Waals surface area contributed by atoms with Gasteiger partial charge in [0.05, 0.1) is 0 Å². The number of alkyl halides is 1. The summed E-state index contributed by atoms with van der Waals surface area (Å²) < 4.78 is 15.5. The molecule has 0 amide bonds. The first-order valence-electron chi connectivity index (χ1n) is 5.45. The standard InChI is InChI=1S/C11H15FN2O2/c1-3-14-8-6-11(2,12)5-4-7(8)9(13-14)10(15)16/h3-6H2,1-2H3,(H,15,16). The highest BCUT2D eigenvalue weighted by Gasteiger charge is 2.35. The fourth-order valence-corrected chi connectivity index (χ4v) is 2.25. The van der Waals surface area contributed by atoms with Crippen LogP contribution < -0.4 is 0 Å². The molecule has 4 nitrogen and oxygen atoms in total. The van der Waals surface area contributed by atoms with Crippen LogP contribution in [0, 0.1) is 0 Å². The third kappa shape index (κ3) is 1.70. The Morgan fingerprint density at radius 2 is 2.38 bits per heavy atom. The highest BCUT2D eigenvalue weighted by atomic mass is 19.1. The van der Waals surface area contributed by atoms with Crippen LogP contribution in [0.3, 0.4) is 0 Å². The second-order valence-corrected chi connectivity index (χ2v) is 4.48. The van der Waals surface area contributed by atoms with E-state index in [0.29, 0.717) is 24.9 Å². The van der Waals surface area contributed by atoms with Crippen molar-refractivity contribution in [2.45, 2.75) is 45.3 Å². The minimum Gasteiger partial charge on any atom is -0.476 e. The number of aromatic carboxylic acids is 1. The fraction of sp³-hybridized carbons (Fsp3) is 0.636. The largest absolute Gasteiger partial charge is 0.476 e. The van der Waals surface area contributed by atoms with Crippen LogP contribution in [0.5, 0.6) is 0 Å². The number of fused-ring (bicyclic) bond motifs is 1. The Morgan fingerprint density at radius 1 is 1.69 bits per heavy atom. The molecule has 0 aromatic carbocycles. The SMILES string of the molecule is CCn1nc(C(=O)O)c2c1CC(C)(F)CC2. The van der Waals surface area contributed by atoms with Crippen LogP contribution >= 0.6 is 0 Å². The molecular formula is C11H15FN2O2. The zero-order chi connectivity index (χ0) is 11.9. The quantitative estimate of drug-likeness (QED) is 0.836. The Balaban J connectivity index is 2.50. The number of aromatic nitrogens is 2. The minimum absolute atomic E-state index is 0.0901. The molecule has 0 bridgehead atoms. The number of carbonyl (C=O) groups is 1. The van der Waals surface area contributed by atoms with Gasteiger partial charge in [-0.05, 0) is 26.7 Å². The third-order valence-electron chi connectivity index (χ3n) is 3.10. The molecule has 1 heterocycles. The molecule has 0 spiro atoms. The van der Waals surface area contributed by atoms with E-state index in [1.807, 2.05) is 6.92 Å². The molecule has 1 N–H and O–H groups in total. The van der Waals surface area contributed by atoms with Crippen LogP contribution in [0.4, 0.5) is 4.39 Å². The lowest BCUT2D eigenvalue weighted by molar-refractivity contribution is 0.0687. The lowest BCUT2D eigenvalue weighted by Gasteiger charge is -2.26. The molecule has 2 rings (SSSR count). The molecule has 88 valence electrons. The molecule has 1 unspecified atom stereocenters. The number of nitrogens with zero attached hydrogens (tertiary/aromatic N) is 2. The fourth-order valence-electron chi connectivity index (χ4n) is 2.25. The molecule has 1 aromatic heterocycles. The zero-order valence-electron chi connectivity index (χ0n) is 9.46. The highest BCUT2D eigenvalue weighted by molar-refractivity contribution is 5.87. The Morgan fingerprint density at radius 3 is 2.94 bits per heavy atom. The van der Waals surface area contributed by atoms with Crippen molar-refractivity contribution >= 4 is 5.97 Å². The maximum Gasteiger partial charge on any atom is 0.356 e. The van der Waals surface area contributed by atoms with E-state index < -0.39 is 11.6 Å². The molecule has 0 aliphatic heterocycles. The lowest BCUT2D eigenvalue weighted by Crippen LogP contribution is -2.29. The van der Waals surface area contributed by atoms with Gasteiger partial charge in [-0.25, -0.2) is 9.18 Å².